The number of carbonyl (C=O) groups excluding carboxylic acids is 1. The Morgan fingerprint density at radius 2 is 2.16 bits per heavy atom. The Balaban J connectivity index is 1.84. The van der Waals surface area contributed by atoms with Crippen molar-refractivity contribution in [3.8, 4) is 5.88 Å². The Morgan fingerprint density at radius 3 is 2.74 bits per heavy atom. The molecule has 0 spiro atoms. The Bertz CT molecular complexity index is 495. The zero-order chi connectivity index (χ0) is 13.4. The van der Waals surface area contributed by atoms with Crippen LogP contribution >= 0.6 is 0 Å². The molecule has 102 valence electrons. The molecule has 2 unspecified atom stereocenters. The van der Waals surface area contributed by atoms with Crippen molar-refractivity contribution in [2.75, 3.05) is 38.2 Å². The van der Waals surface area contributed by atoms with Gasteiger partial charge in [-0.25, -0.2) is 4.98 Å². The van der Waals surface area contributed by atoms with Gasteiger partial charge in [-0.3, -0.25) is 4.79 Å². The van der Waals surface area contributed by atoms with Crippen molar-refractivity contribution in [1.29, 1.82) is 0 Å². The van der Waals surface area contributed by atoms with Gasteiger partial charge in [0.15, 0.2) is 0 Å². The van der Waals surface area contributed by atoms with Crippen LogP contribution in [0.15, 0.2) is 6.20 Å². The summed E-state index contributed by atoms with van der Waals surface area (Å²) in [4.78, 5) is 21.9. The fourth-order valence-corrected chi connectivity index (χ4v) is 2.85. The molecule has 7 nitrogen and oxygen atoms in total. The summed E-state index contributed by atoms with van der Waals surface area (Å²) in [6.45, 7) is 3.99. The zero-order valence-corrected chi connectivity index (χ0v) is 10.8. The van der Waals surface area contributed by atoms with E-state index in [1.807, 2.05) is 0 Å². The number of hydrogen-bond donors (Lipinski definition) is 2. The molecule has 1 amide bonds. The van der Waals surface area contributed by atoms with Crippen LogP contribution in [0.1, 0.15) is 10.4 Å². The highest BCUT2D eigenvalue weighted by atomic mass is 16.5. The van der Waals surface area contributed by atoms with E-state index in [1.54, 1.807) is 0 Å². The highest BCUT2D eigenvalue weighted by Gasteiger charge is 2.37. The molecular formula is C12H17N5O2. The average Bonchev–Trinajstić information content (AvgIpc) is 2.98. The van der Waals surface area contributed by atoms with Crippen molar-refractivity contribution in [3.05, 3.63) is 11.8 Å². The SMILES string of the molecule is COc1nc(N2CC3CNCC3C2)ncc1C(N)=O. The summed E-state index contributed by atoms with van der Waals surface area (Å²) in [6, 6.07) is 0. The van der Waals surface area contributed by atoms with Gasteiger partial charge in [0.2, 0.25) is 11.8 Å². The maximum atomic E-state index is 11.2. The number of amides is 1. The first-order valence-corrected chi connectivity index (χ1v) is 6.35. The minimum Gasteiger partial charge on any atom is -0.480 e. The first-order chi connectivity index (χ1) is 9.19. The highest BCUT2D eigenvalue weighted by Crippen LogP contribution is 2.29. The number of ether oxygens (including phenoxy) is 1. The number of aromatic nitrogens is 2. The Kier molecular flexibility index (Phi) is 2.98. The molecule has 0 aromatic carbocycles. The molecule has 2 aliphatic heterocycles. The molecule has 1 aromatic rings. The van der Waals surface area contributed by atoms with E-state index < -0.39 is 5.91 Å². The van der Waals surface area contributed by atoms with Crippen molar-refractivity contribution in [2.45, 2.75) is 0 Å². The summed E-state index contributed by atoms with van der Waals surface area (Å²) in [5.41, 5.74) is 5.46. The second-order valence-electron chi connectivity index (χ2n) is 5.04. The van der Waals surface area contributed by atoms with E-state index in [1.165, 1.54) is 13.3 Å². The second kappa shape index (κ2) is 4.65. The quantitative estimate of drug-likeness (QED) is 0.744. The molecule has 7 heteroatoms. The summed E-state index contributed by atoms with van der Waals surface area (Å²) in [5, 5.41) is 3.39. The molecule has 0 radical (unpaired) electrons. The Morgan fingerprint density at radius 1 is 1.47 bits per heavy atom. The lowest BCUT2D eigenvalue weighted by atomic mass is 10.0. The van der Waals surface area contributed by atoms with Crippen LogP contribution in [0, 0.1) is 11.8 Å². The number of rotatable bonds is 3. The molecule has 2 atom stereocenters. The first-order valence-electron chi connectivity index (χ1n) is 6.35. The molecule has 0 saturated carbocycles. The number of fused-ring (bicyclic) bond motifs is 1. The van der Waals surface area contributed by atoms with Gasteiger partial charge in [0.05, 0.1) is 7.11 Å². The zero-order valence-electron chi connectivity index (χ0n) is 10.8. The average molecular weight is 263 g/mol. The van der Waals surface area contributed by atoms with Crippen molar-refractivity contribution < 1.29 is 9.53 Å². The molecule has 3 N–H and O–H groups in total. The summed E-state index contributed by atoms with van der Waals surface area (Å²) in [6.07, 6.45) is 1.44. The van der Waals surface area contributed by atoms with Crippen LogP contribution in [-0.2, 0) is 0 Å². The van der Waals surface area contributed by atoms with Crippen LogP contribution in [0.5, 0.6) is 5.88 Å². The Hall–Kier alpha value is -1.89. The molecule has 1 aromatic heterocycles. The molecule has 3 heterocycles. The normalized spacial score (nSPS) is 25.4. The van der Waals surface area contributed by atoms with Crippen LogP contribution in [0.3, 0.4) is 0 Å². The number of hydrogen-bond acceptors (Lipinski definition) is 6. The van der Waals surface area contributed by atoms with E-state index in [4.69, 9.17) is 10.5 Å². The number of nitrogens with zero attached hydrogens (tertiary/aromatic N) is 3. The maximum absolute atomic E-state index is 11.2. The molecule has 3 rings (SSSR count). The molecule has 0 bridgehead atoms. The monoisotopic (exact) mass is 263 g/mol. The van der Waals surface area contributed by atoms with Gasteiger partial charge in [-0.15, -0.1) is 0 Å². The third-order valence-corrected chi connectivity index (χ3v) is 3.87. The lowest BCUT2D eigenvalue weighted by Gasteiger charge is -2.18. The van der Waals surface area contributed by atoms with Crippen LogP contribution in [0.25, 0.3) is 0 Å². The van der Waals surface area contributed by atoms with Crippen LogP contribution in [0.4, 0.5) is 5.95 Å². The minimum absolute atomic E-state index is 0.215. The van der Waals surface area contributed by atoms with Crippen LogP contribution in [-0.4, -0.2) is 49.2 Å². The summed E-state index contributed by atoms with van der Waals surface area (Å²) >= 11 is 0. The first kappa shape index (κ1) is 12.2. The maximum Gasteiger partial charge on any atom is 0.255 e. The lowest BCUT2D eigenvalue weighted by molar-refractivity contribution is 0.0996. The summed E-state index contributed by atoms with van der Waals surface area (Å²) < 4.78 is 5.11. The van der Waals surface area contributed by atoms with E-state index in [0.29, 0.717) is 17.8 Å². The van der Waals surface area contributed by atoms with Crippen LogP contribution in [0.2, 0.25) is 0 Å². The van der Waals surface area contributed by atoms with E-state index in [9.17, 15) is 4.79 Å². The highest BCUT2D eigenvalue weighted by molar-refractivity contribution is 5.94. The van der Waals surface area contributed by atoms with Gasteiger partial charge in [0, 0.05) is 32.4 Å². The summed E-state index contributed by atoms with van der Waals surface area (Å²) in [7, 11) is 1.47. The Labute approximate surface area is 111 Å². The second-order valence-corrected chi connectivity index (χ2v) is 5.04. The summed E-state index contributed by atoms with van der Waals surface area (Å²) in [5.74, 6) is 1.59. The topological polar surface area (TPSA) is 93.4 Å². The van der Waals surface area contributed by atoms with Gasteiger partial charge >= 0.3 is 0 Å². The fraction of sp³-hybridized carbons (Fsp3) is 0.583. The fourth-order valence-electron chi connectivity index (χ4n) is 2.85. The van der Waals surface area contributed by atoms with Crippen molar-refractivity contribution in [2.24, 2.45) is 17.6 Å². The van der Waals surface area contributed by atoms with Crippen molar-refractivity contribution in [1.82, 2.24) is 15.3 Å². The number of nitrogens with two attached hydrogens (primary N) is 1. The third kappa shape index (κ3) is 2.10. The lowest BCUT2D eigenvalue weighted by Crippen LogP contribution is -2.27. The molecule has 2 aliphatic rings. The smallest absolute Gasteiger partial charge is 0.255 e. The van der Waals surface area contributed by atoms with Gasteiger partial charge in [-0.2, -0.15) is 4.98 Å². The standard InChI is InChI=1S/C12H17N5O2/c1-19-11-9(10(13)18)4-15-12(16-11)17-5-7-2-14-3-8(7)6-17/h4,7-8,14H,2-3,5-6H2,1H3,(H2,13,18). The molecular weight excluding hydrogens is 246 g/mol. The predicted octanol–water partition coefficient (Wildman–Crippen LogP) is -0.760. The molecule has 2 fully saturated rings. The minimum atomic E-state index is -0.578. The largest absolute Gasteiger partial charge is 0.480 e. The van der Waals surface area contributed by atoms with Gasteiger partial charge in [-0.1, -0.05) is 0 Å². The third-order valence-electron chi connectivity index (χ3n) is 3.87. The number of anilines is 1. The number of primary amides is 1. The van der Waals surface area contributed by atoms with E-state index in [0.717, 1.165) is 26.2 Å². The van der Waals surface area contributed by atoms with E-state index in [2.05, 4.69) is 20.2 Å². The number of carbonyl (C=O) groups is 1. The number of methoxy groups -OCH3 is 1. The molecule has 2 saturated heterocycles. The van der Waals surface area contributed by atoms with Gasteiger partial charge < -0.3 is 20.7 Å². The number of nitrogens with one attached hydrogen (secondary N) is 1. The van der Waals surface area contributed by atoms with Crippen molar-refractivity contribution in [3.63, 3.8) is 0 Å². The van der Waals surface area contributed by atoms with Gasteiger partial charge in [0.25, 0.3) is 5.91 Å². The van der Waals surface area contributed by atoms with Crippen molar-refractivity contribution >= 4 is 11.9 Å². The van der Waals surface area contributed by atoms with E-state index >= 15 is 0 Å². The predicted molar refractivity (Wildman–Crippen MR) is 69.2 cm³/mol. The van der Waals surface area contributed by atoms with Gasteiger partial charge in [0.1, 0.15) is 5.56 Å². The van der Waals surface area contributed by atoms with Gasteiger partial charge in [-0.05, 0) is 11.8 Å². The van der Waals surface area contributed by atoms with Crippen LogP contribution < -0.4 is 20.7 Å². The molecule has 0 aliphatic carbocycles. The molecule has 19 heavy (non-hydrogen) atoms. The van der Waals surface area contributed by atoms with E-state index in [-0.39, 0.29) is 11.4 Å².